The first kappa shape index (κ1) is 21.0. The molecule has 0 N–H and O–H groups in total. The molecule has 0 saturated carbocycles. The molecule has 0 heterocycles. The SMILES string of the molecule is CC(C)(C)/N=N/C(C)(C)CCCCCC(=O)OOC(C)(C)C. The molecule has 0 aliphatic heterocycles. The van der Waals surface area contributed by atoms with Gasteiger partial charge in [0.05, 0.1) is 11.1 Å². The van der Waals surface area contributed by atoms with Gasteiger partial charge in [-0.05, 0) is 68.2 Å². The van der Waals surface area contributed by atoms with Gasteiger partial charge in [0.15, 0.2) is 0 Å². The Kier molecular flexibility index (Phi) is 8.23. The number of rotatable bonds is 8. The summed E-state index contributed by atoms with van der Waals surface area (Å²) in [6.45, 7) is 15.8. The topological polar surface area (TPSA) is 60.2 Å². The van der Waals surface area contributed by atoms with E-state index in [4.69, 9.17) is 9.78 Å². The molecule has 0 rings (SSSR count). The highest BCUT2D eigenvalue weighted by atomic mass is 17.2. The van der Waals surface area contributed by atoms with Crippen LogP contribution in [0.1, 0.15) is 87.5 Å². The zero-order valence-corrected chi connectivity index (χ0v) is 15.7. The molecule has 0 aromatic rings. The summed E-state index contributed by atoms with van der Waals surface area (Å²) in [6, 6.07) is 0. The molecule has 5 heteroatoms. The third kappa shape index (κ3) is 14.0. The number of hydrogen-bond donors (Lipinski definition) is 0. The Morgan fingerprint density at radius 3 is 1.95 bits per heavy atom. The Morgan fingerprint density at radius 2 is 1.45 bits per heavy atom. The van der Waals surface area contributed by atoms with Crippen LogP contribution in [0.15, 0.2) is 10.2 Å². The zero-order valence-electron chi connectivity index (χ0n) is 15.7. The summed E-state index contributed by atoms with van der Waals surface area (Å²) in [6.07, 6.45) is 4.14. The van der Waals surface area contributed by atoms with Crippen molar-refractivity contribution in [2.45, 2.75) is 104 Å². The van der Waals surface area contributed by atoms with E-state index in [2.05, 4.69) is 24.1 Å². The summed E-state index contributed by atoms with van der Waals surface area (Å²) in [5.41, 5.74) is -0.741. The summed E-state index contributed by atoms with van der Waals surface area (Å²) in [4.78, 5) is 21.2. The van der Waals surface area contributed by atoms with Crippen molar-refractivity contribution in [2.24, 2.45) is 10.2 Å². The lowest BCUT2D eigenvalue weighted by atomic mass is 9.97. The normalized spacial score (nSPS) is 13.6. The molecule has 0 aromatic heterocycles. The lowest BCUT2D eigenvalue weighted by Crippen LogP contribution is -2.21. The van der Waals surface area contributed by atoms with Crippen molar-refractivity contribution in [1.29, 1.82) is 0 Å². The minimum Gasteiger partial charge on any atom is -0.298 e. The minimum absolute atomic E-state index is 0.131. The molecule has 0 radical (unpaired) electrons. The predicted octanol–water partition coefficient (Wildman–Crippen LogP) is 5.24. The summed E-state index contributed by atoms with van der Waals surface area (Å²) >= 11 is 0. The van der Waals surface area contributed by atoms with Gasteiger partial charge in [-0.1, -0.05) is 12.8 Å². The monoisotopic (exact) mass is 314 g/mol. The maximum absolute atomic E-state index is 11.5. The van der Waals surface area contributed by atoms with Crippen LogP contribution < -0.4 is 0 Å². The van der Waals surface area contributed by atoms with Crippen LogP contribution in [0, 0.1) is 0 Å². The van der Waals surface area contributed by atoms with Crippen LogP contribution in [-0.2, 0) is 14.6 Å². The highest BCUT2D eigenvalue weighted by Crippen LogP contribution is 2.21. The van der Waals surface area contributed by atoms with Gasteiger partial charge in [0.1, 0.15) is 5.60 Å². The van der Waals surface area contributed by atoms with E-state index in [0.717, 1.165) is 25.7 Å². The zero-order chi connectivity index (χ0) is 17.4. The molecular formula is C17H34N2O3. The lowest BCUT2D eigenvalue weighted by molar-refractivity contribution is -0.320. The van der Waals surface area contributed by atoms with Gasteiger partial charge in [-0.15, -0.1) is 0 Å². The molecule has 0 unspecified atom stereocenters. The average molecular weight is 314 g/mol. The maximum atomic E-state index is 11.5. The molecule has 0 spiro atoms. The Bertz CT molecular complexity index is 363. The fourth-order valence-electron chi connectivity index (χ4n) is 1.55. The molecule has 0 atom stereocenters. The standard InChI is InChI=1S/C17H34N2O3/c1-15(2,3)18-19-17(7,8)13-11-9-10-12-14(20)21-22-16(4,5)6/h9-13H2,1-8H3/b19-18+. The van der Waals surface area contributed by atoms with Crippen LogP contribution in [0.4, 0.5) is 0 Å². The van der Waals surface area contributed by atoms with Crippen molar-refractivity contribution in [3.8, 4) is 0 Å². The fraction of sp³-hybridized carbons (Fsp3) is 0.941. The van der Waals surface area contributed by atoms with Crippen LogP contribution in [0.3, 0.4) is 0 Å². The Labute approximate surface area is 135 Å². The molecule has 5 nitrogen and oxygen atoms in total. The Balaban J connectivity index is 3.85. The van der Waals surface area contributed by atoms with Gasteiger partial charge in [0.25, 0.3) is 0 Å². The minimum atomic E-state index is -0.461. The third-order valence-corrected chi connectivity index (χ3v) is 2.67. The van der Waals surface area contributed by atoms with Crippen LogP contribution in [0.2, 0.25) is 0 Å². The smallest absolute Gasteiger partial charge is 0.298 e. The number of carbonyl (C=O) groups is 1. The van der Waals surface area contributed by atoms with Crippen molar-refractivity contribution in [3.63, 3.8) is 0 Å². The maximum Gasteiger partial charge on any atom is 0.342 e. The van der Waals surface area contributed by atoms with Gasteiger partial charge < -0.3 is 0 Å². The number of unbranched alkanes of at least 4 members (excludes halogenated alkanes) is 2. The Morgan fingerprint density at radius 1 is 0.864 bits per heavy atom. The second kappa shape index (κ2) is 8.61. The summed E-state index contributed by atoms with van der Waals surface area (Å²) in [5, 5.41) is 8.77. The highest BCUT2D eigenvalue weighted by Gasteiger charge is 2.18. The van der Waals surface area contributed by atoms with Gasteiger partial charge in [-0.25, -0.2) is 4.79 Å². The number of carbonyl (C=O) groups excluding carboxylic acids is 1. The fourth-order valence-corrected chi connectivity index (χ4v) is 1.55. The second-order valence-electron chi connectivity index (χ2n) is 8.39. The molecule has 0 fully saturated rings. The van der Waals surface area contributed by atoms with E-state index >= 15 is 0 Å². The van der Waals surface area contributed by atoms with Gasteiger partial charge in [-0.2, -0.15) is 15.1 Å². The molecule has 0 aliphatic carbocycles. The van der Waals surface area contributed by atoms with E-state index < -0.39 is 5.60 Å². The van der Waals surface area contributed by atoms with E-state index in [1.807, 2.05) is 41.5 Å². The number of azo groups is 1. The van der Waals surface area contributed by atoms with Gasteiger partial charge in [0.2, 0.25) is 0 Å². The van der Waals surface area contributed by atoms with E-state index in [1.165, 1.54) is 0 Å². The van der Waals surface area contributed by atoms with Crippen molar-refractivity contribution in [1.82, 2.24) is 0 Å². The molecule has 0 bridgehead atoms. The first-order chi connectivity index (χ1) is 9.81. The quantitative estimate of drug-likeness (QED) is 0.266. The van der Waals surface area contributed by atoms with E-state index in [0.29, 0.717) is 6.42 Å². The van der Waals surface area contributed by atoms with Crippen molar-refractivity contribution in [3.05, 3.63) is 0 Å². The van der Waals surface area contributed by atoms with Crippen molar-refractivity contribution >= 4 is 5.97 Å². The van der Waals surface area contributed by atoms with Gasteiger partial charge >= 0.3 is 5.97 Å². The summed E-state index contributed by atoms with van der Waals surface area (Å²) in [7, 11) is 0. The molecule has 22 heavy (non-hydrogen) atoms. The lowest BCUT2D eigenvalue weighted by Gasteiger charge is -2.20. The third-order valence-electron chi connectivity index (χ3n) is 2.67. The van der Waals surface area contributed by atoms with Crippen LogP contribution >= 0.6 is 0 Å². The molecular weight excluding hydrogens is 280 g/mol. The molecule has 0 saturated heterocycles. The first-order valence-corrected chi connectivity index (χ1v) is 8.13. The highest BCUT2D eigenvalue weighted by molar-refractivity contribution is 5.68. The molecule has 0 aliphatic rings. The van der Waals surface area contributed by atoms with Crippen molar-refractivity contribution in [2.75, 3.05) is 0 Å². The first-order valence-electron chi connectivity index (χ1n) is 8.13. The van der Waals surface area contributed by atoms with E-state index in [1.54, 1.807) is 0 Å². The molecule has 0 amide bonds. The van der Waals surface area contributed by atoms with Crippen LogP contribution in [-0.4, -0.2) is 22.6 Å². The number of nitrogens with zero attached hydrogens (tertiary/aromatic N) is 2. The number of hydrogen-bond acceptors (Lipinski definition) is 5. The van der Waals surface area contributed by atoms with E-state index in [9.17, 15) is 4.79 Å². The van der Waals surface area contributed by atoms with E-state index in [-0.39, 0.29) is 17.0 Å². The summed E-state index contributed by atoms with van der Waals surface area (Å²) < 4.78 is 0. The average Bonchev–Trinajstić information content (AvgIpc) is 2.32. The molecule has 0 aromatic carbocycles. The predicted molar refractivity (Wildman–Crippen MR) is 88.7 cm³/mol. The second-order valence-corrected chi connectivity index (χ2v) is 8.39. The van der Waals surface area contributed by atoms with Crippen LogP contribution in [0.5, 0.6) is 0 Å². The van der Waals surface area contributed by atoms with Crippen LogP contribution in [0.25, 0.3) is 0 Å². The Hall–Kier alpha value is -0.970. The van der Waals surface area contributed by atoms with Gasteiger partial charge in [0, 0.05) is 6.42 Å². The van der Waals surface area contributed by atoms with Gasteiger partial charge in [-0.3, -0.25) is 4.89 Å². The molecule has 130 valence electrons. The summed E-state index contributed by atoms with van der Waals surface area (Å²) in [5.74, 6) is -0.304. The largest absolute Gasteiger partial charge is 0.342 e. The van der Waals surface area contributed by atoms with Crippen molar-refractivity contribution < 1.29 is 14.6 Å².